The standard InChI is InChI=1S/C14H25N3O3S/c1-5-9-20-12-8-6-7-11(13(12)15)16-10-14(2,3)17-21(4,18)19/h6-8,16-17H,5,9-10,15H2,1-4H3. The minimum absolute atomic E-state index is 0.404. The highest BCUT2D eigenvalue weighted by molar-refractivity contribution is 7.88. The van der Waals surface area contributed by atoms with Gasteiger partial charge in [0, 0.05) is 12.1 Å². The number of rotatable bonds is 8. The molecule has 0 saturated heterocycles. The molecule has 0 aromatic heterocycles. The van der Waals surface area contributed by atoms with E-state index < -0.39 is 15.6 Å². The summed E-state index contributed by atoms with van der Waals surface area (Å²) in [6.45, 7) is 6.64. The predicted octanol–water partition coefficient (Wildman–Crippen LogP) is 1.80. The Morgan fingerprint density at radius 3 is 2.57 bits per heavy atom. The monoisotopic (exact) mass is 315 g/mol. The molecule has 0 heterocycles. The highest BCUT2D eigenvalue weighted by Gasteiger charge is 2.22. The highest BCUT2D eigenvalue weighted by atomic mass is 32.2. The van der Waals surface area contributed by atoms with Crippen LogP contribution in [0, 0.1) is 0 Å². The fraction of sp³-hybridized carbons (Fsp3) is 0.571. The van der Waals surface area contributed by atoms with Crippen molar-refractivity contribution in [1.82, 2.24) is 4.72 Å². The van der Waals surface area contributed by atoms with Gasteiger partial charge in [0.25, 0.3) is 0 Å². The summed E-state index contributed by atoms with van der Waals surface area (Å²) in [6, 6.07) is 5.50. The Hall–Kier alpha value is -1.47. The summed E-state index contributed by atoms with van der Waals surface area (Å²) in [5.41, 5.74) is 6.69. The molecule has 4 N–H and O–H groups in total. The van der Waals surface area contributed by atoms with Gasteiger partial charge in [-0.3, -0.25) is 0 Å². The van der Waals surface area contributed by atoms with Crippen molar-refractivity contribution in [1.29, 1.82) is 0 Å². The van der Waals surface area contributed by atoms with Crippen LogP contribution in [0.15, 0.2) is 18.2 Å². The largest absolute Gasteiger partial charge is 0.491 e. The number of hydrogen-bond acceptors (Lipinski definition) is 5. The van der Waals surface area contributed by atoms with E-state index in [9.17, 15) is 8.42 Å². The van der Waals surface area contributed by atoms with Crippen LogP contribution in [0.25, 0.3) is 0 Å². The lowest BCUT2D eigenvalue weighted by Gasteiger charge is -2.26. The van der Waals surface area contributed by atoms with Crippen molar-refractivity contribution in [3.8, 4) is 5.75 Å². The molecular weight excluding hydrogens is 290 g/mol. The van der Waals surface area contributed by atoms with Crippen LogP contribution in [0.4, 0.5) is 11.4 Å². The molecule has 0 saturated carbocycles. The van der Waals surface area contributed by atoms with Crippen molar-refractivity contribution < 1.29 is 13.2 Å². The first kappa shape index (κ1) is 17.6. The third-order valence-electron chi connectivity index (χ3n) is 2.71. The Morgan fingerprint density at radius 2 is 2.00 bits per heavy atom. The van der Waals surface area contributed by atoms with E-state index in [-0.39, 0.29) is 0 Å². The molecule has 0 aliphatic carbocycles. The van der Waals surface area contributed by atoms with Crippen molar-refractivity contribution in [2.75, 3.05) is 30.5 Å². The second kappa shape index (κ2) is 7.00. The number of benzene rings is 1. The van der Waals surface area contributed by atoms with Crippen LogP contribution in [0.2, 0.25) is 0 Å². The van der Waals surface area contributed by atoms with E-state index in [1.54, 1.807) is 13.8 Å². The van der Waals surface area contributed by atoms with E-state index in [1.165, 1.54) is 0 Å². The SMILES string of the molecule is CCCOc1cccc(NCC(C)(C)NS(C)(=O)=O)c1N. The van der Waals surface area contributed by atoms with Crippen LogP contribution in [0.3, 0.4) is 0 Å². The molecular formula is C14H25N3O3S. The maximum Gasteiger partial charge on any atom is 0.209 e. The molecule has 0 spiro atoms. The van der Waals surface area contributed by atoms with Crippen molar-refractivity contribution in [2.24, 2.45) is 0 Å². The summed E-state index contributed by atoms with van der Waals surface area (Å²) in [6.07, 6.45) is 2.05. The van der Waals surface area contributed by atoms with E-state index in [4.69, 9.17) is 10.5 Å². The highest BCUT2D eigenvalue weighted by Crippen LogP contribution is 2.29. The number of anilines is 2. The molecule has 6 nitrogen and oxygen atoms in total. The minimum Gasteiger partial charge on any atom is -0.491 e. The maximum atomic E-state index is 11.3. The molecule has 1 rings (SSSR count). The number of hydrogen-bond donors (Lipinski definition) is 3. The number of ether oxygens (including phenoxy) is 1. The van der Waals surface area contributed by atoms with Gasteiger partial charge in [-0.25, -0.2) is 13.1 Å². The lowest BCUT2D eigenvalue weighted by Crippen LogP contribution is -2.47. The smallest absolute Gasteiger partial charge is 0.209 e. The van der Waals surface area contributed by atoms with E-state index in [0.29, 0.717) is 24.6 Å². The van der Waals surface area contributed by atoms with Gasteiger partial charge in [0.1, 0.15) is 5.75 Å². The fourth-order valence-electron chi connectivity index (χ4n) is 1.89. The Balaban J connectivity index is 2.75. The Morgan fingerprint density at radius 1 is 1.33 bits per heavy atom. The molecule has 0 aliphatic rings. The molecule has 0 unspecified atom stereocenters. The van der Waals surface area contributed by atoms with Gasteiger partial charge in [-0.15, -0.1) is 0 Å². The molecule has 120 valence electrons. The van der Waals surface area contributed by atoms with E-state index in [0.717, 1.165) is 18.4 Å². The van der Waals surface area contributed by atoms with Crippen LogP contribution < -0.4 is 20.5 Å². The van der Waals surface area contributed by atoms with Gasteiger partial charge < -0.3 is 15.8 Å². The number of sulfonamides is 1. The summed E-state index contributed by atoms with van der Waals surface area (Å²) in [4.78, 5) is 0. The Labute approximate surface area is 127 Å². The molecule has 0 fully saturated rings. The molecule has 1 aromatic carbocycles. The van der Waals surface area contributed by atoms with Gasteiger partial charge in [0.2, 0.25) is 10.0 Å². The molecule has 0 bridgehead atoms. The first-order valence-corrected chi connectivity index (χ1v) is 8.78. The zero-order valence-corrected chi connectivity index (χ0v) is 13.9. The average molecular weight is 315 g/mol. The van der Waals surface area contributed by atoms with E-state index >= 15 is 0 Å². The van der Waals surface area contributed by atoms with Gasteiger partial charge >= 0.3 is 0 Å². The molecule has 7 heteroatoms. The van der Waals surface area contributed by atoms with Gasteiger partial charge in [0.05, 0.1) is 24.2 Å². The lowest BCUT2D eigenvalue weighted by molar-refractivity contribution is 0.319. The summed E-state index contributed by atoms with van der Waals surface area (Å²) in [5.74, 6) is 0.635. The Bertz CT molecular complexity index is 571. The number of nitrogen functional groups attached to an aromatic ring is 1. The van der Waals surface area contributed by atoms with E-state index in [1.807, 2.05) is 25.1 Å². The summed E-state index contributed by atoms with van der Waals surface area (Å²) < 4.78 is 30.8. The summed E-state index contributed by atoms with van der Waals surface area (Å²) >= 11 is 0. The van der Waals surface area contributed by atoms with Crippen molar-refractivity contribution in [3.05, 3.63) is 18.2 Å². The van der Waals surface area contributed by atoms with Crippen LogP contribution in [-0.2, 0) is 10.0 Å². The molecule has 0 atom stereocenters. The molecule has 0 amide bonds. The molecule has 0 radical (unpaired) electrons. The van der Waals surface area contributed by atoms with Crippen LogP contribution in [0.5, 0.6) is 5.75 Å². The second-order valence-electron chi connectivity index (χ2n) is 5.68. The molecule has 21 heavy (non-hydrogen) atoms. The topological polar surface area (TPSA) is 93.5 Å². The first-order chi connectivity index (χ1) is 9.64. The molecule has 1 aromatic rings. The van der Waals surface area contributed by atoms with Gasteiger partial charge in [0.15, 0.2) is 0 Å². The van der Waals surface area contributed by atoms with Gasteiger partial charge in [-0.1, -0.05) is 13.0 Å². The van der Waals surface area contributed by atoms with Crippen LogP contribution in [-0.4, -0.2) is 33.4 Å². The number of nitrogens with two attached hydrogens (primary N) is 1. The zero-order valence-electron chi connectivity index (χ0n) is 13.1. The third-order valence-corrected chi connectivity index (χ3v) is 3.63. The second-order valence-corrected chi connectivity index (χ2v) is 7.43. The normalized spacial score (nSPS) is 12.2. The van der Waals surface area contributed by atoms with Crippen LogP contribution in [0.1, 0.15) is 27.2 Å². The van der Waals surface area contributed by atoms with Gasteiger partial charge in [-0.2, -0.15) is 0 Å². The minimum atomic E-state index is -3.26. The van der Waals surface area contributed by atoms with Crippen molar-refractivity contribution in [2.45, 2.75) is 32.7 Å². The predicted molar refractivity (Wildman–Crippen MR) is 87.2 cm³/mol. The van der Waals surface area contributed by atoms with Crippen molar-refractivity contribution >= 4 is 21.4 Å². The van der Waals surface area contributed by atoms with E-state index in [2.05, 4.69) is 10.0 Å². The summed E-state index contributed by atoms with van der Waals surface area (Å²) in [5, 5.41) is 3.16. The number of para-hydroxylation sites is 1. The fourth-order valence-corrected chi connectivity index (χ4v) is 2.97. The van der Waals surface area contributed by atoms with Gasteiger partial charge in [-0.05, 0) is 32.4 Å². The average Bonchev–Trinajstić information content (AvgIpc) is 2.33. The molecule has 0 aliphatic heterocycles. The quantitative estimate of drug-likeness (QED) is 0.636. The van der Waals surface area contributed by atoms with Crippen LogP contribution >= 0.6 is 0 Å². The maximum absolute atomic E-state index is 11.3. The third kappa shape index (κ3) is 6.22. The zero-order chi connectivity index (χ0) is 16.1. The van der Waals surface area contributed by atoms with Crippen molar-refractivity contribution in [3.63, 3.8) is 0 Å². The Kier molecular flexibility index (Phi) is 5.86. The number of nitrogens with one attached hydrogen (secondary N) is 2. The lowest BCUT2D eigenvalue weighted by atomic mass is 10.1. The first-order valence-electron chi connectivity index (χ1n) is 6.89. The summed E-state index contributed by atoms with van der Waals surface area (Å²) in [7, 11) is -3.26.